The summed E-state index contributed by atoms with van der Waals surface area (Å²) >= 11 is 0. The third kappa shape index (κ3) is 6.00. The van der Waals surface area contributed by atoms with E-state index in [0.717, 1.165) is 29.3 Å². The van der Waals surface area contributed by atoms with Gasteiger partial charge in [0.25, 0.3) is 0 Å². The number of benzene rings is 2. The molecule has 1 aliphatic rings. The molecule has 2 aromatic carbocycles. The van der Waals surface area contributed by atoms with E-state index in [1.165, 1.54) is 6.92 Å². The molecule has 2 aromatic rings. The summed E-state index contributed by atoms with van der Waals surface area (Å²) in [6, 6.07) is 10.8. The van der Waals surface area contributed by atoms with Gasteiger partial charge in [0.15, 0.2) is 0 Å². The third-order valence-corrected chi connectivity index (χ3v) is 5.20. The zero-order valence-corrected chi connectivity index (χ0v) is 17.9. The lowest BCUT2D eigenvalue weighted by Gasteiger charge is -2.23. The van der Waals surface area contributed by atoms with Gasteiger partial charge in [-0.3, -0.25) is 14.4 Å². The average Bonchev–Trinajstić information content (AvgIpc) is 2.87. The summed E-state index contributed by atoms with van der Waals surface area (Å²) in [5, 5.41) is 5.19. The van der Waals surface area contributed by atoms with Crippen LogP contribution in [0.4, 0.5) is 8.78 Å². The van der Waals surface area contributed by atoms with Gasteiger partial charge in [0.1, 0.15) is 23.7 Å². The third-order valence-electron chi connectivity index (χ3n) is 5.20. The molecule has 1 aliphatic heterocycles. The fourth-order valence-electron chi connectivity index (χ4n) is 3.56. The molecule has 8 heteroatoms. The quantitative estimate of drug-likeness (QED) is 0.723. The van der Waals surface area contributed by atoms with Crippen molar-refractivity contribution in [3.8, 4) is 0 Å². The van der Waals surface area contributed by atoms with Crippen molar-refractivity contribution >= 4 is 23.3 Å². The fraction of sp³-hybridized carbons (Fsp3) is 0.292. The summed E-state index contributed by atoms with van der Waals surface area (Å²) in [7, 11) is 1.67. The van der Waals surface area contributed by atoms with Crippen LogP contribution in [0.2, 0.25) is 0 Å². The minimum absolute atomic E-state index is 0.159. The predicted molar refractivity (Wildman–Crippen MR) is 116 cm³/mol. The largest absolute Gasteiger partial charge is 0.344 e. The molecular formula is C24H25F2N3O3. The van der Waals surface area contributed by atoms with Crippen LogP contribution in [-0.4, -0.2) is 48.3 Å². The highest BCUT2D eigenvalue weighted by atomic mass is 19.1. The van der Waals surface area contributed by atoms with E-state index in [-0.39, 0.29) is 17.9 Å². The van der Waals surface area contributed by atoms with Gasteiger partial charge in [-0.2, -0.15) is 0 Å². The SMILES string of the molecule is C[C@H](NC(=O)Cc1cc(F)cc(F)c1)C(=O)N[C@H]1CC=C(c2ccccc2)CN(C)C1=O. The maximum Gasteiger partial charge on any atom is 0.245 e. The van der Waals surface area contributed by atoms with Crippen LogP contribution in [-0.2, 0) is 20.8 Å². The zero-order valence-electron chi connectivity index (χ0n) is 17.9. The highest BCUT2D eigenvalue weighted by molar-refractivity contribution is 5.93. The maximum absolute atomic E-state index is 13.3. The van der Waals surface area contributed by atoms with Gasteiger partial charge in [0, 0.05) is 19.7 Å². The highest BCUT2D eigenvalue weighted by Gasteiger charge is 2.28. The summed E-state index contributed by atoms with van der Waals surface area (Å²) in [4.78, 5) is 39.1. The van der Waals surface area contributed by atoms with Gasteiger partial charge in [0.2, 0.25) is 17.7 Å². The number of carbonyl (C=O) groups excluding carboxylic acids is 3. The summed E-state index contributed by atoms with van der Waals surface area (Å²) in [5.41, 5.74) is 2.15. The molecule has 168 valence electrons. The minimum Gasteiger partial charge on any atom is -0.344 e. The van der Waals surface area contributed by atoms with Crippen molar-refractivity contribution in [1.29, 1.82) is 0 Å². The van der Waals surface area contributed by atoms with Crippen LogP contribution in [0.1, 0.15) is 24.5 Å². The molecule has 2 atom stereocenters. The molecule has 0 unspecified atom stereocenters. The molecule has 6 nitrogen and oxygen atoms in total. The summed E-state index contributed by atoms with van der Waals surface area (Å²) in [6.07, 6.45) is 1.98. The Labute approximate surface area is 185 Å². The van der Waals surface area contributed by atoms with Crippen LogP contribution in [0.5, 0.6) is 0 Å². The molecule has 0 saturated heterocycles. The number of likely N-dealkylation sites (N-methyl/N-ethyl adjacent to an activating group) is 1. The molecule has 1 heterocycles. The van der Waals surface area contributed by atoms with Crippen LogP contribution >= 0.6 is 0 Å². The van der Waals surface area contributed by atoms with Gasteiger partial charge in [-0.15, -0.1) is 0 Å². The second-order valence-electron chi connectivity index (χ2n) is 7.83. The molecule has 32 heavy (non-hydrogen) atoms. The standard InChI is InChI=1S/C24H25F2N3O3/c1-15(27-22(30)12-16-10-19(25)13-20(26)11-16)23(31)28-21-9-8-18(14-29(2)24(21)32)17-6-4-3-5-7-17/h3-8,10-11,13,15,21H,9,12,14H2,1-2H3,(H,27,30)(H,28,31)/t15-,21-/m0/s1. The van der Waals surface area contributed by atoms with Gasteiger partial charge >= 0.3 is 0 Å². The number of hydrogen-bond acceptors (Lipinski definition) is 3. The molecule has 0 fully saturated rings. The number of carbonyl (C=O) groups is 3. The fourth-order valence-corrected chi connectivity index (χ4v) is 3.56. The van der Waals surface area contributed by atoms with Crippen molar-refractivity contribution in [1.82, 2.24) is 15.5 Å². The molecule has 0 aliphatic carbocycles. The Bertz CT molecular complexity index is 1020. The molecule has 0 spiro atoms. The molecule has 3 rings (SSSR count). The van der Waals surface area contributed by atoms with E-state index in [4.69, 9.17) is 0 Å². The molecule has 0 saturated carbocycles. The summed E-state index contributed by atoms with van der Waals surface area (Å²) in [6.45, 7) is 1.90. The van der Waals surface area contributed by atoms with Crippen LogP contribution in [0.15, 0.2) is 54.6 Å². The highest BCUT2D eigenvalue weighted by Crippen LogP contribution is 2.20. The van der Waals surface area contributed by atoms with E-state index in [1.54, 1.807) is 11.9 Å². The lowest BCUT2D eigenvalue weighted by molar-refractivity contribution is -0.135. The maximum atomic E-state index is 13.3. The normalized spacial score (nSPS) is 17.2. The van der Waals surface area contributed by atoms with Gasteiger partial charge in [0.05, 0.1) is 6.42 Å². The molecule has 2 N–H and O–H groups in total. The van der Waals surface area contributed by atoms with Crippen LogP contribution < -0.4 is 10.6 Å². The number of nitrogens with one attached hydrogen (secondary N) is 2. The van der Waals surface area contributed by atoms with Crippen LogP contribution in [0.3, 0.4) is 0 Å². The Balaban J connectivity index is 1.60. The Morgan fingerprint density at radius 1 is 1.12 bits per heavy atom. The van der Waals surface area contributed by atoms with Gasteiger partial charge in [-0.1, -0.05) is 36.4 Å². The number of nitrogens with zero attached hydrogens (tertiary/aromatic N) is 1. The Kier molecular flexibility index (Phi) is 7.35. The summed E-state index contributed by atoms with van der Waals surface area (Å²) in [5.74, 6) is -2.87. The first-order chi connectivity index (χ1) is 15.2. The lowest BCUT2D eigenvalue weighted by Crippen LogP contribution is -2.52. The Morgan fingerprint density at radius 3 is 2.44 bits per heavy atom. The second kappa shape index (κ2) is 10.2. The first kappa shape index (κ1) is 23.1. The first-order valence-electron chi connectivity index (χ1n) is 10.3. The first-order valence-corrected chi connectivity index (χ1v) is 10.3. The molecule has 0 bridgehead atoms. The van der Waals surface area contributed by atoms with Crippen LogP contribution in [0.25, 0.3) is 5.57 Å². The average molecular weight is 441 g/mol. The molecule has 0 radical (unpaired) electrons. The number of rotatable bonds is 6. The van der Waals surface area contributed by atoms with Crippen molar-refractivity contribution in [3.05, 3.63) is 77.4 Å². The van der Waals surface area contributed by atoms with Crippen molar-refractivity contribution < 1.29 is 23.2 Å². The van der Waals surface area contributed by atoms with E-state index < -0.39 is 35.5 Å². The number of amides is 3. The van der Waals surface area contributed by atoms with E-state index in [2.05, 4.69) is 10.6 Å². The van der Waals surface area contributed by atoms with Gasteiger partial charge in [-0.05, 0) is 42.2 Å². The topological polar surface area (TPSA) is 78.5 Å². The Hall–Kier alpha value is -3.55. The van der Waals surface area contributed by atoms with Crippen molar-refractivity contribution in [3.63, 3.8) is 0 Å². The van der Waals surface area contributed by atoms with Crippen LogP contribution in [0, 0.1) is 11.6 Å². The molecule has 0 aromatic heterocycles. The molecular weight excluding hydrogens is 416 g/mol. The predicted octanol–water partition coefficient (Wildman–Crippen LogP) is 2.44. The zero-order chi connectivity index (χ0) is 23.3. The summed E-state index contributed by atoms with van der Waals surface area (Å²) < 4.78 is 26.6. The Morgan fingerprint density at radius 2 is 1.78 bits per heavy atom. The van der Waals surface area contributed by atoms with Crippen molar-refractivity contribution in [2.45, 2.75) is 31.8 Å². The monoisotopic (exact) mass is 441 g/mol. The van der Waals surface area contributed by atoms with Gasteiger partial charge in [-0.25, -0.2) is 8.78 Å². The number of halogens is 2. The molecule has 3 amide bonds. The van der Waals surface area contributed by atoms with Crippen molar-refractivity contribution in [2.24, 2.45) is 0 Å². The van der Waals surface area contributed by atoms with E-state index >= 15 is 0 Å². The second-order valence-corrected chi connectivity index (χ2v) is 7.83. The van der Waals surface area contributed by atoms with Gasteiger partial charge < -0.3 is 15.5 Å². The lowest BCUT2D eigenvalue weighted by atomic mass is 10.0. The van der Waals surface area contributed by atoms with E-state index in [0.29, 0.717) is 13.0 Å². The van der Waals surface area contributed by atoms with E-state index in [9.17, 15) is 23.2 Å². The number of hydrogen-bond donors (Lipinski definition) is 2. The smallest absolute Gasteiger partial charge is 0.245 e. The van der Waals surface area contributed by atoms with E-state index in [1.807, 2.05) is 36.4 Å². The minimum atomic E-state index is -0.931. The van der Waals surface area contributed by atoms with Crippen molar-refractivity contribution in [2.75, 3.05) is 13.6 Å².